The Labute approximate surface area is 222 Å². The standard InChI is InChI=1S/C29H33N3O4S/c1-3-35-25-14-11-21(19-26(25)36-4-2)27-23-7-5-6-8-24(23)29(34)32(30-27)22-12-9-20(10-13-22)28(33)31-15-17-37-18-16-31/h5-6,9-14,19,23-24H,3-4,7-8,15-18H2,1-2H3/t23-,24+/m1/s1. The van der Waals surface area contributed by atoms with E-state index in [1.54, 1.807) is 12.1 Å². The largest absolute Gasteiger partial charge is 0.490 e. The van der Waals surface area contributed by atoms with Crippen LogP contribution in [0.5, 0.6) is 11.5 Å². The van der Waals surface area contributed by atoms with Gasteiger partial charge in [-0.1, -0.05) is 12.2 Å². The van der Waals surface area contributed by atoms with E-state index in [2.05, 4.69) is 12.2 Å². The number of fused-ring (bicyclic) bond motifs is 1. The van der Waals surface area contributed by atoms with Crippen LogP contribution in [0.25, 0.3) is 0 Å². The quantitative estimate of drug-likeness (QED) is 0.481. The highest BCUT2D eigenvalue weighted by Crippen LogP contribution is 2.38. The summed E-state index contributed by atoms with van der Waals surface area (Å²) in [7, 11) is 0. The number of hydrogen-bond acceptors (Lipinski definition) is 6. The van der Waals surface area contributed by atoms with Crippen molar-refractivity contribution in [1.29, 1.82) is 0 Å². The van der Waals surface area contributed by atoms with Crippen LogP contribution in [-0.2, 0) is 4.79 Å². The molecule has 0 unspecified atom stereocenters. The number of anilines is 1. The van der Waals surface area contributed by atoms with Crippen LogP contribution in [0.4, 0.5) is 5.69 Å². The highest BCUT2D eigenvalue weighted by atomic mass is 32.2. The first-order valence-electron chi connectivity index (χ1n) is 13.0. The molecule has 2 atom stereocenters. The van der Waals surface area contributed by atoms with Crippen molar-refractivity contribution in [1.82, 2.24) is 4.90 Å². The molecule has 5 rings (SSSR count). The van der Waals surface area contributed by atoms with E-state index in [1.807, 2.05) is 60.8 Å². The minimum absolute atomic E-state index is 0.000933. The SMILES string of the molecule is CCOc1ccc(C2=NN(c3ccc(C(=O)N4CCSCC4)cc3)C(=O)[C@H]3CC=CC[C@@H]23)cc1OCC. The average Bonchev–Trinajstić information content (AvgIpc) is 2.95. The number of ether oxygens (including phenoxy) is 2. The van der Waals surface area contributed by atoms with Gasteiger partial charge in [0.1, 0.15) is 0 Å². The molecular weight excluding hydrogens is 486 g/mol. The number of carbonyl (C=O) groups is 2. The summed E-state index contributed by atoms with van der Waals surface area (Å²) in [4.78, 5) is 28.4. The third kappa shape index (κ3) is 5.25. The maximum atomic E-state index is 13.6. The van der Waals surface area contributed by atoms with Crippen LogP contribution in [0.2, 0.25) is 0 Å². The monoisotopic (exact) mass is 519 g/mol. The number of rotatable bonds is 7. The first-order valence-corrected chi connectivity index (χ1v) is 14.2. The van der Waals surface area contributed by atoms with E-state index in [0.29, 0.717) is 42.4 Å². The summed E-state index contributed by atoms with van der Waals surface area (Å²) in [6, 6.07) is 13.1. The summed E-state index contributed by atoms with van der Waals surface area (Å²) >= 11 is 1.87. The summed E-state index contributed by atoms with van der Waals surface area (Å²) in [5.74, 6) is 3.15. The molecule has 1 aliphatic carbocycles. The second-order valence-electron chi connectivity index (χ2n) is 9.27. The predicted octanol–water partition coefficient (Wildman–Crippen LogP) is 5.01. The number of hydrazone groups is 1. The molecule has 2 aromatic rings. The van der Waals surface area contributed by atoms with Crippen molar-refractivity contribution in [3.8, 4) is 11.5 Å². The van der Waals surface area contributed by atoms with E-state index in [-0.39, 0.29) is 23.7 Å². The molecule has 2 amide bonds. The zero-order valence-electron chi connectivity index (χ0n) is 21.4. The molecule has 2 aliphatic heterocycles. The molecule has 0 saturated carbocycles. The highest BCUT2D eigenvalue weighted by Gasteiger charge is 2.40. The third-order valence-corrected chi connectivity index (χ3v) is 7.96. The summed E-state index contributed by atoms with van der Waals surface area (Å²) < 4.78 is 11.6. The number of nitrogens with zero attached hydrogens (tertiary/aromatic N) is 3. The molecule has 8 heteroatoms. The van der Waals surface area contributed by atoms with Crippen molar-refractivity contribution >= 4 is 35.0 Å². The van der Waals surface area contributed by atoms with Gasteiger partial charge in [0.25, 0.3) is 11.8 Å². The van der Waals surface area contributed by atoms with Gasteiger partial charge >= 0.3 is 0 Å². The second-order valence-corrected chi connectivity index (χ2v) is 10.5. The fourth-order valence-corrected chi connectivity index (χ4v) is 6.04. The van der Waals surface area contributed by atoms with Gasteiger partial charge in [-0.15, -0.1) is 0 Å². The smallest absolute Gasteiger partial charge is 0.253 e. The van der Waals surface area contributed by atoms with Crippen molar-refractivity contribution < 1.29 is 19.1 Å². The van der Waals surface area contributed by atoms with Gasteiger partial charge in [0, 0.05) is 41.6 Å². The lowest BCUT2D eigenvalue weighted by Gasteiger charge is -2.37. The molecule has 1 saturated heterocycles. The van der Waals surface area contributed by atoms with Crippen LogP contribution >= 0.6 is 11.8 Å². The molecular formula is C29H33N3O4S. The zero-order chi connectivity index (χ0) is 25.8. The van der Waals surface area contributed by atoms with E-state index in [9.17, 15) is 9.59 Å². The number of allylic oxidation sites excluding steroid dienone is 2. The Kier molecular flexibility index (Phi) is 7.84. The molecule has 2 heterocycles. The van der Waals surface area contributed by atoms with E-state index in [0.717, 1.165) is 42.3 Å². The van der Waals surface area contributed by atoms with E-state index < -0.39 is 0 Å². The van der Waals surface area contributed by atoms with E-state index in [4.69, 9.17) is 14.6 Å². The van der Waals surface area contributed by atoms with E-state index in [1.165, 1.54) is 5.01 Å². The Morgan fingerprint density at radius 3 is 2.32 bits per heavy atom. The maximum Gasteiger partial charge on any atom is 0.253 e. The average molecular weight is 520 g/mol. The predicted molar refractivity (Wildman–Crippen MR) is 148 cm³/mol. The van der Waals surface area contributed by atoms with Crippen LogP contribution < -0.4 is 14.5 Å². The fraction of sp³-hybridized carbons (Fsp3) is 0.414. The molecule has 3 aliphatic rings. The normalized spacial score (nSPS) is 21.4. The van der Waals surface area contributed by atoms with E-state index >= 15 is 0 Å². The maximum absolute atomic E-state index is 13.6. The molecule has 0 radical (unpaired) electrons. The van der Waals surface area contributed by atoms with Crippen LogP contribution in [0.15, 0.2) is 59.7 Å². The fourth-order valence-electron chi connectivity index (χ4n) is 5.14. The highest BCUT2D eigenvalue weighted by molar-refractivity contribution is 7.99. The topological polar surface area (TPSA) is 71.4 Å². The summed E-state index contributed by atoms with van der Waals surface area (Å²) in [6.45, 7) is 6.51. The van der Waals surface area contributed by atoms with Gasteiger partial charge in [0.15, 0.2) is 11.5 Å². The number of hydrogen-bond donors (Lipinski definition) is 0. The summed E-state index contributed by atoms with van der Waals surface area (Å²) in [6.07, 6.45) is 5.67. The third-order valence-electron chi connectivity index (χ3n) is 7.01. The van der Waals surface area contributed by atoms with Crippen LogP contribution in [0.1, 0.15) is 42.6 Å². The first-order chi connectivity index (χ1) is 18.1. The lowest BCUT2D eigenvalue weighted by atomic mass is 9.76. The van der Waals surface area contributed by atoms with Crippen molar-refractivity contribution in [2.75, 3.05) is 42.8 Å². The summed E-state index contributed by atoms with van der Waals surface area (Å²) in [5.41, 5.74) is 3.08. The lowest BCUT2D eigenvalue weighted by molar-refractivity contribution is -0.123. The van der Waals surface area contributed by atoms with Crippen LogP contribution in [0, 0.1) is 11.8 Å². The number of carbonyl (C=O) groups excluding carboxylic acids is 2. The molecule has 0 spiro atoms. The minimum Gasteiger partial charge on any atom is -0.490 e. The van der Waals surface area contributed by atoms with Gasteiger partial charge < -0.3 is 14.4 Å². The number of benzene rings is 2. The number of thioether (sulfide) groups is 1. The van der Waals surface area contributed by atoms with Crippen LogP contribution in [0.3, 0.4) is 0 Å². The molecule has 194 valence electrons. The van der Waals surface area contributed by atoms with Gasteiger partial charge in [0.05, 0.1) is 30.5 Å². The zero-order valence-corrected chi connectivity index (χ0v) is 22.2. The van der Waals surface area contributed by atoms with Gasteiger partial charge in [-0.2, -0.15) is 16.9 Å². The minimum atomic E-state index is -0.188. The van der Waals surface area contributed by atoms with Crippen LogP contribution in [-0.4, -0.2) is 60.2 Å². The summed E-state index contributed by atoms with van der Waals surface area (Å²) in [5, 5.41) is 6.41. The molecule has 7 nitrogen and oxygen atoms in total. The van der Waals surface area contributed by atoms with Gasteiger partial charge in [0.2, 0.25) is 0 Å². The molecule has 2 aromatic carbocycles. The van der Waals surface area contributed by atoms with Crippen molar-refractivity contribution in [3.63, 3.8) is 0 Å². The molecule has 37 heavy (non-hydrogen) atoms. The molecule has 0 aromatic heterocycles. The molecule has 0 bridgehead atoms. The van der Waals surface area contributed by atoms with Crippen molar-refractivity contribution in [3.05, 3.63) is 65.7 Å². The van der Waals surface area contributed by atoms with Gasteiger partial charge in [-0.05, 0) is 69.2 Å². The Morgan fingerprint density at radius 1 is 0.946 bits per heavy atom. The van der Waals surface area contributed by atoms with Gasteiger partial charge in [-0.3, -0.25) is 9.59 Å². The van der Waals surface area contributed by atoms with Gasteiger partial charge in [-0.25, -0.2) is 5.01 Å². The first kappa shape index (κ1) is 25.4. The number of amides is 2. The second kappa shape index (κ2) is 11.4. The Bertz CT molecular complexity index is 1200. The lowest BCUT2D eigenvalue weighted by Crippen LogP contribution is -2.45. The Morgan fingerprint density at radius 2 is 1.62 bits per heavy atom. The van der Waals surface area contributed by atoms with Crippen molar-refractivity contribution in [2.24, 2.45) is 16.9 Å². The Hall–Kier alpha value is -3.26. The van der Waals surface area contributed by atoms with Crippen molar-refractivity contribution in [2.45, 2.75) is 26.7 Å². The molecule has 0 N–H and O–H groups in total. The Balaban J connectivity index is 1.48. The molecule has 1 fully saturated rings.